The Kier molecular flexibility index (Phi) is 5.29. The van der Waals surface area contributed by atoms with Crippen molar-refractivity contribution in [3.63, 3.8) is 0 Å². The Hall–Kier alpha value is -1.75. The fourth-order valence-corrected chi connectivity index (χ4v) is 1.37. The summed E-state index contributed by atoms with van der Waals surface area (Å²) in [5.41, 5.74) is 0.416. The van der Waals surface area contributed by atoms with Gasteiger partial charge in [0.2, 0.25) is 0 Å². The van der Waals surface area contributed by atoms with E-state index in [2.05, 4.69) is 10.6 Å². The summed E-state index contributed by atoms with van der Waals surface area (Å²) in [4.78, 5) is 11.7. The number of phenols is 1. The second kappa shape index (κ2) is 6.75. The molecule has 0 bridgehead atoms. The third-order valence-electron chi connectivity index (χ3n) is 2.28. The molecule has 0 aromatic heterocycles. The second-order valence-electron chi connectivity index (χ2n) is 3.50. The van der Waals surface area contributed by atoms with E-state index in [4.69, 9.17) is 4.74 Å². The lowest BCUT2D eigenvalue weighted by Gasteiger charge is -2.07. The molecule has 0 aliphatic rings. The van der Waals surface area contributed by atoms with Crippen LogP contribution in [0.15, 0.2) is 18.2 Å². The van der Waals surface area contributed by atoms with Crippen molar-refractivity contribution in [1.82, 2.24) is 10.6 Å². The fraction of sp³-hybridized carbons (Fsp3) is 0.417. The van der Waals surface area contributed by atoms with E-state index < -0.39 is 0 Å². The van der Waals surface area contributed by atoms with Crippen molar-refractivity contribution in [2.24, 2.45) is 0 Å². The minimum atomic E-state index is -0.208. The minimum Gasteiger partial charge on any atom is -0.504 e. The largest absolute Gasteiger partial charge is 0.504 e. The molecule has 5 nitrogen and oxygen atoms in total. The van der Waals surface area contributed by atoms with Gasteiger partial charge in [-0.25, -0.2) is 0 Å². The van der Waals surface area contributed by atoms with Crippen LogP contribution in [0.25, 0.3) is 0 Å². The molecule has 1 aromatic carbocycles. The number of ether oxygens (including phenoxy) is 1. The van der Waals surface area contributed by atoms with Gasteiger partial charge in [-0.2, -0.15) is 0 Å². The van der Waals surface area contributed by atoms with E-state index in [1.54, 1.807) is 12.1 Å². The van der Waals surface area contributed by atoms with Gasteiger partial charge in [0.25, 0.3) is 5.91 Å². The molecule has 0 aliphatic heterocycles. The minimum absolute atomic E-state index is 0.0353. The first-order valence-electron chi connectivity index (χ1n) is 5.55. The van der Waals surface area contributed by atoms with Crippen LogP contribution in [0.2, 0.25) is 0 Å². The van der Waals surface area contributed by atoms with Gasteiger partial charge in [-0.1, -0.05) is 6.92 Å². The van der Waals surface area contributed by atoms with E-state index >= 15 is 0 Å². The summed E-state index contributed by atoms with van der Waals surface area (Å²) in [5.74, 6) is 0.113. The van der Waals surface area contributed by atoms with Crippen molar-refractivity contribution in [3.05, 3.63) is 23.8 Å². The van der Waals surface area contributed by atoms with Gasteiger partial charge in [0, 0.05) is 18.7 Å². The van der Waals surface area contributed by atoms with Crippen LogP contribution in [-0.4, -0.2) is 37.8 Å². The van der Waals surface area contributed by atoms with Crippen LogP contribution in [0.5, 0.6) is 11.5 Å². The molecule has 5 heteroatoms. The fourth-order valence-electron chi connectivity index (χ4n) is 1.37. The van der Waals surface area contributed by atoms with Gasteiger partial charge in [-0.3, -0.25) is 4.79 Å². The van der Waals surface area contributed by atoms with Crippen molar-refractivity contribution in [2.45, 2.75) is 6.92 Å². The van der Waals surface area contributed by atoms with Gasteiger partial charge in [0.1, 0.15) is 0 Å². The average Bonchev–Trinajstić information content (AvgIpc) is 2.34. The Labute approximate surface area is 101 Å². The van der Waals surface area contributed by atoms with Crippen LogP contribution in [0.1, 0.15) is 17.3 Å². The Balaban J connectivity index is 2.54. The molecule has 0 aliphatic carbocycles. The number of likely N-dealkylation sites (N-methyl/N-ethyl adjacent to an activating group) is 1. The highest BCUT2D eigenvalue weighted by atomic mass is 16.5. The highest BCUT2D eigenvalue weighted by Crippen LogP contribution is 2.25. The SMILES string of the molecule is CCNCCNC(=O)c1ccc(OC)c(O)c1. The van der Waals surface area contributed by atoms with Gasteiger partial charge in [0.15, 0.2) is 11.5 Å². The molecular formula is C12H18N2O3. The van der Waals surface area contributed by atoms with E-state index in [0.29, 0.717) is 17.9 Å². The first-order chi connectivity index (χ1) is 8.19. The zero-order valence-electron chi connectivity index (χ0n) is 10.1. The zero-order chi connectivity index (χ0) is 12.7. The average molecular weight is 238 g/mol. The third-order valence-corrected chi connectivity index (χ3v) is 2.28. The molecule has 0 radical (unpaired) electrons. The molecule has 0 saturated carbocycles. The highest BCUT2D eigenvalue weighted by molar-refractivity contribution is 5.94. The molecular weight excluding hydrogens is 220 g/mol. The van der Waals surface area contributed by atoms with E-state index in [1.165, 1.54) is 13.2 Å². The van der Waals surface area contributed by atoms with Crippen molar-refractivity contribution in [3.8, 4) is 11.5 Å². The molecule has 0 saturated heterocycles. The smallest absolute Gasteiger partial charge is 0.251 e. The van der Waals surface area contributed by atoms with Crippen LogP contribution in [0.3, 0.4) is 0 Å². The summed E-state index contributed by atoms with van der Waals surface area (Å²) >= 11 is 0. The molecule has 1 rings (SSSR count). The lowest BCUT2D eigenvalue weighted by molar-refractivity contribution is 0.0953. The Morgan fingerprint density at radius 1 is 1.41 bits per heavy atom. The molecule has 0 fully saturated rings. The molecule has 94 valence electrons. The van der Waals surface area contributed by atoms with E-state index in [9.17, 15) is 9.90 Å². The maximum Gasteiger partial charge on any atom is 0.251 e. The highest BCUT2D eigenvalue weighted by Gasteiger charge is 2.08. The van der Waals surface area contributed by atoms with E-state index in [-0.39, 0.29) is 11.7 Å². The predicted molar refractivity (Wildman–Crippen MR) is 65.5 cm³/mol. The molecule has 1 amide bonds. The van der Waals surface area contributed by atoms with Crippen molar-refractivity contribution in [2.75, 3.05) is 26.7 Å². The topological polar surface area (TPSA) is 70.6 Å². The van der Waals surface area contributed by atoms with Gasteiger partial charge < -0.3 is 20.5 Å². The first-order valence-corrected chi connectivity index (χ1v) is 5.55. The summed E-state index contributed by atoms with van der Waals surface area (Å²) in [6.07, 6.45) is 0. The van der Waals surface area contributed by atoms with E-state index in [1.807, 2.05) is 6.92 Å². The quantitative estimate of drug-likeness (QED) is 0.639. The summed E-state index contributed by atoms with van der Waals surface area (Å²) in [6, 6.07) is 4.57. The molecule has 3 N–H and O–H groups in total. The van der Waals surface area contributed by atoms with Gasteiger partial charge in [0.05, 0.1) is 7.11 Å². The maximum absolute atomic E-state index is 11.7. The predicted octanol–water partition coefficient (Wildman–Crippen LogP) is 0.740. The number of benzene rings is 1. The normalized spacial score (nSPS) is 10.0. The molecule has 0 atom stereocenters. The lowest BCUT2D eigenvalue weighted by Crippen LogP contribution is -2.31. The number of rotatable bonds is 6. The monoisotopic (exact) mass is 238 g/mol. The van der Waals surface area contributed by atoms with Gasteiger partial charge >= 0.3 is 0 Å². The number of amides is 1. The molecule has 0 unspecified atom stereocenters. The lowest BCUT2D eigenvalue weighted by atomic mass is 10.2. The number of hydrogen-bond acceptors (Lipinski definition) is 4. The maximum atomic E-state index is 11.7. The first kappa shape index (κ1) is 13.3. The molecule has 17 heavy (non-hydrogen) atoms. The Morgan fingerprint density at radius 3 is 2.76 bits per heavy atom. The van der Waals surface area contributed by atoms with Gasteiger partial charge in [-0.15, -0.1) is 0 Å². The standard InChI is InChI=1S/C12H18N2O3/c1-3-13-6-7-14-12(16)9-4-5-11(17-2)10(15)8-9/h4-5,8,13,15H,3,6-7H2,1-2H3,(H,14,16). The Morgan fingerprint density at radius 2 is 2.18 bits per heavy atom. The summed E-state index contributed by atoms with van der Waals surface area (Å²) in [7, 11) is 1.46. The number of methoxy groups -OCH3 is 1. The van der Waals surface area contributed by atoms with Crippen LogP contribution in [0, 0.1) is 0 Å². The molecule has 0 spiro atoms. The second-order valence-corrected chi connectivity index (χ2v) is 3.50. The summed E-state index contributed by atoms with van der Waals surface area (Å²) in [5, 5.41) is 15.4. The van der Waals surface area contributed by atoms with Crippen molar-refractivity contribution < 1.29 is 14.6 Å². The number of hydrogen-bond donors (Lipinski definition) is 3. The van der Waals surface area contributed by atoms with Crippen LogP contribution in [-0.2, 0) is 0 Å². The number of nitrogens with one attached hydrogen (secondary N) is 2. The summed E-state index contributed by atoms with van der Waals surface area (Å²) < 4.78 is 4.90. The molecule has 1 aromatic rings. The van der Waals surface area contributed by atoms with Crippen LogP contribution >= 0.6 is 0 Å². The number of aromatic hydroxyl groups is 1. The molecule has 0 heterocycles. The van der Waals surface area contributed by atoms with Crippen LogP contribution < -0.4 is 15.4 Å². The van der Waals surface area contributed by atoms with Crippen LogP contribution in [0.4, 0.5) is 0 Å². The number of carbonyl (C=O) groups is 1. The third kappa shape index (κ3) is 3.96. The van der Waals surface area contributed by atoms with Crippen molar-refractivity contribution >= 4 is 5.91 Å². The zero-order valence-corrected chi connectivity index (χ0v) is 10.1. The van der Waals surface area contributed by atoms with E-state index in [0.717, 1.165) is 13.1 Å². The Bertz CT molecular complexity index is 380. The van der Waals surface area contributed by atoms with Gasteiger partial charge in [-0.05, 0) is 24.7 Å². The number of phenolic OH excluding ortho intramolecular Hbond substituents is 1. The summed E-state index contributed by atoms with van der Waals surface area (Å²) in [6.45, 7) is 4.16. The van der Waals surface area contributed by atoms with Crippen molar-refractivity contribution in [1.29, 1.82) is 0 Å². The number of carbonyl (C=O) groups excluding carboxylic acids is 1.